The van der Waals surface area contributed by atoms with E-state index >= 15 is 0 Å². The topological polar surface area (TPSA) is 53.4 Å². The third-order valence-electron chi connectivity index (χ3n) is 3.64. The molecule has 1 heterocycles. The molecule has 4 nitrogen and oxygen atoms in total. The summed E-state index contributed by atoms with van der Waals surface area (Å²) in [6.45, 7) is 0.0587. The van der Waals surface area contributed by atoms with E-state index in [-0.39, 0.29) is 12.5 Å². The van der Waals surface area contributed by atoms with Gasteiger partial charge in [-0.15, -0.1) is 0 Å². The van der Waals surface area contributed by atoms with Crippen LogP contribution in [-0.4, -0.2) is 40.6 Å². The van der Waals surface area contributed by atoms with Crippen molar-refractivity contribution in [2.45, 2.75) is 38.1 Å². The van der Waals surface area contributed by atoms with E-state index in [1.165, 1.54) is 12.8 Å². The van der Waals surface area contributed by atoms with E-state index in [0.29, 0.717) is 18.2 Å². The SMILES string of the molecule is CN(C(=O)c1ccc(C#CCCO)cn1)C1CCCC1. The Bertz CT molecular complexity index is 508. The lowest BCUT2D eigenvalue weighted by Gasteiger charge is -2.23. The summed E-state index contributed by atoms with van der Waals surface area (Å²) in [6, 6.07) is 3.87. The molecule has 0 aromatic carbocycles. The second kappa shape index (κ2) is 7.06. The van der Waals surface area contributed by atoms with Crippen molar-refractivity contribution < 1.29 is 9.90 Å². The summed E-state index contributed by atoms with van der Waals surface area (Å²) in [5.41, 5.74) is 1.23. The van der Waals surface area contributed by atoms with Crippen LogP contribution in [0.15, 0.2) is 18.3 Å². The molecule has 0 spiro atoms. The van der Waals surface area contributed by atoms with Gasteiger partial charge in [0.1, 0.15) is 5.69 Å². The van der Waals surface area contributed by atoms with Crippen LogP contribution in [0.25, 0.3) is 0 Å². The largest absolute Gasteiger partial charge is 0.395 e. The number of pyridine rings is 1. The Morgan fingerprint density at radius 2 is 2.20 bits per heavy atom. The van der Waals surface area contributed by atoms with Crippen LogP contribution in [0.2, 0.25) is 0 Å². The summed E-state index contributed by atoms with van der Waals surface area (Å²) in [5.74, 6) is 5.71. The van der Waals surface area contributed by atoms with Gasteiger partial charge in [0.15, 0.2) is 0 Å². The second-order valence-corrected chi connectivity index (χ2v) is 5.06. The molecule has 1 amide bonds. The highest BCUT2D eigenvalue weighted by Crippen LogP contribution is 2.23. The maximum Gasteiger partial charge on any atom is 0.272 e. The maximum atomic E-state index is 12.3. The van der Waals surface area contributed by atoms with Crippen molar-refractivity contribution in [2.75, 3.05) is 13.7 Å². The van der Waals surface area contributed by atoms with Crippen LogP contribution in [0, 0.1) is 11.8 Å². The van der Waals surface area contributed by atoms with Gasteiger partial charge in [-0.05, 0) is 25.0 Å². The number of carbonyl (C=O) groups excluding carboxylic acids is 1. The number of aliphatic hydroxyl groups excluding tert-OH is 1. The Balaban J connectivity index is 2.02. The first kappa shape index (κ1) is 14.5. The number of hydrogen-bond acceptors (Lipinski definition) is 3. The predicted molar refractivity (Wildman–Crippen MR) is 77.2 cm³/mol. The fourth-order valence-corrected chi connectivity index (χ4v) is 2.45. The Morgan fingerprint density at radius 3 is 2.80 bits per heavy atom. The second-order valence-electron chi connectivity index (χ2n) is 5.06. The summed E-state index contributed by atoms with van der Waals surface area (Å²) >= 11 is 0. The minimum atomic E-state index is -0.0215. The molecule has 1 aliphatic rings. The summed E-state index contributed by atoms with van der Waals surface area (Å²) in [7, 11) is 1.86. The number of hydrogen-bond donors (Lipinski definition) is 1. The lowest BCUT2D eigenvalue weighted by atomic mass is 10.2. The Labute approximate surface area is 119 Å². The van der Waals surface area contributed by atoms with Gasteiger partial charge in [0.2, 0.25) is 0 Å². The molecule has 0 bridgehead atoms. The average Bonchev–Trinajstić information content (AvgIpc) is 3.01. The summed E-state index contributed by atoms with van der Waals surface area (Å²) in [4.78, 5) is 18.3. The smallest absolute Gasteiger partial charge is 0.272 e. The molecule has 2 rings (SSSR count). The molecule has 0 unspecified atom stereocenters. The molecule has 0 radical (unpaired) electrons. The van der Waals surface area contributed by atoms with Gasteiger partial charge in [-0.1, -0.05) is 24.7 Å². The predicted octanol–water partition coefficient (Wildman–Crippen LogP) is 1.83. The molecular weight excluding hydrogens is 252 g/mol. The minimum Gasteiger partial charge on any atom is -0.395 e. The van der Waals surface area contributed by atoms with Gasteiger partial charge < -0.3 is 10.0 Å². The molecule has 0 saturated heterocycles. The third kappa shape index (κ3) is 3.58. The van der Waals surface area contributed by atoms with E-state index in [9.17, 15) is 4.79 Å². The summed E-state index contributed by atoms with van der Waals surface area (Å²) in [6.07, 6.45) is 6.65. The van der Waals surface area contributed by atoms with Crippen molar-refractivity contribution in [3.05, 3.63) is 29.6 Å². The van der Waals surface area contributed by atoms with Crippen LogP contribution < -0.4 is 0 Å². The van der Waals surface area contributed by atoms with Gasteiger partial charge in [-0.2, -0.15) is 0 Å². The number of amides is 1. The molecular formula is C16H20N2O2. The van der Waals surface area contributed by atoms with Crippen LogP contribution in [0.4, 0.5) is 0 Å². The fourth-order valence-electron chi connectivity index (χ4n) is 2.45. The molecule has 1 N–H and O–H groups in total. The number of aromatic nitrogens is 1. The molecule has 20 heavy (non-hydrogen) atoms. The van der Waals surface area contributed by atoms with Gasteiger partial charge in [0.25, 0.3) is 5.91 Å². The zero-order valence-electron chi connectivity index (χ0n) is 11.8. The van der Waals surface area contributed by atoms with Gasteiger partial charge in [0, 0.05) is 31.3 Å². The van der Waals surface area contributed by atoms with Crippen molar-refractivity contribution in [1.82, 2.24) is 9.88 Å². The monoisotopic (exact) mass is 272 g/mol. The van der Waals surface area contributed by atoms with Crippen molar-refractivity contribution >= 4 is 5.91 Å². The zero-order chi connectivity index (χ0) is 14.4. The van der Waals surface area contributed by atoms with Crippen molar-refractivity contribution in [3.8, 4) is 11.8 Å². The quantitative estimate of drug-likeness (QED) is 0.854. The van der Waals surface area contributed by atoms with Gasteiger partial charge in [-0.3, -0.25) is 4.79 Å². The zero-order valence-corrected chi connectivity index (χ0v) is 11.8. The van der Waals surface area contributed by atoms with Crippen LogP contribution >= 0.6 is 0 Å². The first-order valence-electron chi connectivity index (χ1n) is 7.05. The van der Waals surface area contributed by atoms with E-state index in [4.69, 9.17) is 5.11 Å². The van der Waals surface area contributed by atoms with E-state index in [1.54, 1.807) is 18.3 Å². The van der Waals surface area contributed by atoms with E-state index in [0.717, 1.165) is 18.4 Å². The number of nitrogens with zero attached hydrogens (tertiary/aromatic N) is 2. The van der Waals surface area contributed by atoms with Crippen LogP contribution in [0.5, 0.6) is 0 Å². The maximum absolute atomic E-state index is 12.3. The highest BCUT2D eigenvalue weighted by molar-refractivity contribution is 5.92. The van der Waals surface area contributed by atoms with E-state index in [1.807, 2.05) is 11.9 Å². The third-order valence-corrected chi connectivity index (χ3v) is 3.64. The molecule has 1 fully saturated rings. The highest BCUT2D eigenvalue weighted by atomic mass is 16.2. The van der Waals surface area contributed by atoms with E-state index in [2.05, 4.69) is 16.8 Å². The fraction of sp³-hybridized carbons (Fsp3) is 0.500. The molecule has 0 aliphatic heterocycles. The number of rotatable bonds is 3. The minimum absolute atomic E-state index is 0.0215. The van der Waals surface area contributed by atoms with Gasteiger partial charge in [-0.25, -0.2) is 4.98 Å². The molecule has 1 aromatic rings. The van der Waals surface area contributed by atoms with E-state index < -0.39 is 0 Å². The molecule has 1 aromatic heterocycles. The van der Waals surface area contributed by atoms with Gasteiger partial charge >= 0.3 is 0 Å². The Kier molecular flexibility index (Phi) is 5.14. The lowest BCUT2D eigenvalue weighted by molar-refractivity contribution is 0.0729. The average molecular weight is 272 g/mol. The number of aliphatic hydroxyl groups is 1. The van der Waals surface area contributed by atoms with Crippen LogP contribution in [-0.2, 0) is 0 Å². The number of carbonyl (C=O) groups is 1. The Hall–Kier alpha value is -1.86. The molecule has 1 saturated carbocycles. The summed E-state index contributed by atoms with van der Waals surface area (Å²) in [5, 5.41) is 8.66. The molecule has 0 atom stereocenters. The first-order chi connectivity index (χ1) is 9.72. The Morgan fingerprint density at radius 1 is 1.45 bits per heavy atom. The lowest BCUT2D eigenvalue weighted by Crippen LogP contribution is -2.35. The van der Waals surface area contributed by atoms with Crippen molar-refractivity contribution in [3.63, 3.8) is 0 Å². The molecule has 1 aliphatic carbocycles. The first-order valence-corrected chi connectivity index (χ1v) is 7.05. The highest BCUT2D eigenvalue weighted by Gasteiger charge is 2.24. The van der Waals surface area contributed by atoms with Crippen LogP contribution in [0.3, 0.4) is 0 Å². The normalized spacial score (nSPS) is 14.7. The molecule has 106 valence electrons. The summed E-state index contributed by atoms with van der Waals surface area (Å²) < 4.78 is 0. The van der Waals surface area contributed by atoms with Gasteiger partial charge in [0.05, 0.1) is 6.61 Å². The van der Waals surface area contributed by atoms with Crippen LogP contribution in [0.1, 0.15) is 48.2 Å². The van der Waals surface area contributed by atoms with Crippen molar-refractivity contribution in [1.29, 1.82) is 0 Å². The standard InChI is InChI=1S/C16H20N2O2/c1-18(14-7-2-3-8-14)16(20)15-10-9-13(12-17-15)6-4-5-11-19/h9-10,12,14,19H,2-3,5,7-8,11H2,1H3. The van der Waals surface area contributed by atoms with Crippen molar-refractivity contribution in [2.24, 2.45) is 0 Å². The molecule has 4 heteroatoms.